The van der Waals surface area contributed by atoms with Gasteiger partial charge in [0.15, 0.2) is 5.65 Å². The Morgan fingerprint density at radius 3 is 2.65 bits per heavy atom. The number of benzene rings is 2. The average molecular weight is 477 g/mol. The SMILES string of the molecule is COc1ccc(-c2c(C)nn3c(N(Cc4ccc(F)cc4)C4CC4)c4c(nc23)CCC4)c(Cl)c1. The standard InChI is InChI=1S/C27H26ClFN4O/c1-16-25(21-13-12-20(34-2)14-23(21)28)26-30-24-5-3-4-22(24)27(33(26)31-16)32(19-10-11-19)15-17-6-8-18(29)9-7-17/h6-9,12-14,19H,3-5,10-11,15H2,1-2H3. The number of methoxy groups -OCH3 is 1. The summed E-state index contributed by atoms with van der Waals surface area (Å²) in [4.78, 5) is 7.57. The van der Waals surface area contributed by atoms with E-state index in [4.69, 9.17) is 26.4 Å². The third-order valence-corrected chi connectivity index (χ3v) is 7.22. The molecule has 34 heavy (non-hydrogen) atoms. The van der Waals surface area contributed by atoms with Crippen LogP contribution in [0.25, 0.3) is 16.8 Å². The summed E-state index contributed by atoms with van der Waals surface area (Å²) in [5.74, 6) is 1.64. The molecule has 6 rings (SSSR count). The van der Waals surface area contributed by atoms with Crippen LogP contribution in [0.1, 0.15) is 41.8 Å². The number of aromatic nitrogens is 3. The van der Waals surface area contributed by atoms with Crippen LogP contribution >= 0.6 is 11.6 Å². The Morgan fingerprint density at radius 2 is 1.94 bits per heavy atom. The minimum Gasteiger partial charge on any atom is -0.497 e. The van der Waals surface area contributed by atoms with Crippen molar-refractivity contribution in [2.24, 2.45) is 0 Å². The van der Waals surface area contributed by atoms with E-state index < -0.39 is 0 Å². The molecule has 2 aromatic carbocycles. The Morgan fingerprint density at radius 1 is 1.15 bits per heavy atom. The summed E-state index contributed by atoms with van der Waals surface area (Å²) in [6.45, 7) is 2.73. The zero-order valence-electron chi connectivity index (χ0n) is 19.3. The maximum atomic E-state index is 13.5. The van der Waals surface area contributed by atoms with Crippen molar-refractivity contribution >= 4 is 23.1 Å². The van der Waals surface area contributed by atoms with Gasteiger partial charge in [-0.2, -0.15) is 9.61 Å². The molecule has 0 saturated heterocycles. The van der Waals surface area contributed by atoms with Crippen molar-refractivity contribution in [3.63, 3.8) is 0 Å². The summed E-state index contributed by atoms with van der Waals surface area (Å²) >= 11 is 6.69. The molecule has 0 aliphatic heterocycles. The molecule has 0 N–H and O–H groups in total. The van der Waals surface area contributed by atoms with Crippen LogP contribution in [-0.2, 0) is 19.4 Å². The molecule has 1 fully saturated rings. The molecule has 2 heterocycles. The van der Waals surface area contributed by atoms with Crippen LogP contribution in [0.2, 0.25) is 5.02 Å². The highest BCUT2D eigenvalue weighted by Gasteiger charge is 2.35. The summed E-state index contributed by atoms with van der Waals surface area (Å²) in [5.41, 5.74) is 7.12. The van der Waals surface area contributed by atoms with Crippen LogP contribution < -0.4 is 9.64 Å². The highest BCUT2D eigenvalue weighted by molar-refractivity contribution is 6.33. The molecule has 1 saturated carbocycles. The Labute approximate surface area is 203 Å². The molecule has 0 spiro atoms. The normalized spacial score (nSPS) is 15.1. The predicted octanol–water partition coefficient (Wildman–Crippen LogP) is 6.16. The van der Waals surface area contributed by atoms with Gasteiger partial charge in [0.1, 0.15) is 17.4 Å². The maximum Gasteiger partial charge on any atom is 0.165 e. The van der Waals surface area contributed by atoms with Gasteiger partial charge in [-0.1, -0.05) is 23.7 Å². The first-order chi connectivity index (χ1) is 16.5. The zero-order chi connectivity index (χ0) is 23.4. The lowest BCUT2D eigenvalue weighted by Crippen LogP contribution is -2.29. The van der Waals surface area contributed by atoms with E-state index in [1.165, 1.54) is 17.7 Å². The lowest BCUT2D eigenvalue weighted by molar-refractivity contribution is 0.415. The maximum absolute atomic E-state index is 13.5. The van der Waals surface area contributed by atoms with Gasteiger partial charge in [-0.05, 0) is 74.9 Å². The van der Waals surface area contributed by atoms with E-state index in [0.717, 1.165) is 77.4 Å². The molecule has 0 atom stereocenters. The molecule has 4 aromatic rings. The number of anilines is 1. The molecule has 0 bridgehead atoms. The molecule has 7 heteroatoms. The zero-order valence-corrected chi connectivity index (χ0v) is 20.1. The summed E-state index contributed by atoms with van der Waals surface area (Å²) in [6, 6.07) is 13.0. The first-order valence-electron chi connectivity index (χ1n) is 11.8. The highest BCUT2D eigenvalue weighted by Crippen LogP contribution is 2.42. The molecule has 0 amide bonds. The molecule has 0 radical (unpaired) electrons. The smallest absolute Gasteiger partial charge is 0.165 e. The number of hydrogen-bond donors (Lipinski definition) is 0. The van der Waals surface area contributed by atoms with Crippen molar-refractivity contribution < 1.29 is 9.13 Å². The third-order valence-electron chi connectivity index (χ3n) is 6.91. The van der Waals surface area contributed by atoms with Gasteiger partial charge in [-0.3, -0.25) is 0 Å². The van der Waals surface area contributed by atoms with Crippen molar-refractivity contribution in [2.75, 3.05) is 12.0 Å². The van der Waals surface area contributed by atoms with Crippen LogP contribution in [0.3, 0.4) is 0 Å². The van der Waals surface area contributed by atoms with Crippen LogP contribution in [0.4, 0.5) is 10.2 Å². The van der Waals surface area contributed by atoms with Crippen LogP contribution in [0, 0.1) is 12.7 Å². The van der Waals surface area contributed by atoms with Gasteiger partial charge in [0.25, 0.3) is 0 Å². The van der Waals surface area contributed by atoms with Crippen molar-refractivity contribution in [3.05, 3.63) is 75.8 Å². The van der Waals surface area contributed by atoms with Gasteiger partial charge < -0.3 is 9.64 Å². The fourth-order valence-electron chi connectivity index (χ4n) is 5.10. The van der Waals surface area contributed by atoms with Crippen molar-refractivity contribution in [2.45, 2.75) is 51.6 Å². The number of aryl methyl sites for hydroxylation is 2. The topological polar surface area (TPSA) is 42.7 Å². The number of ether oxygens (including phenoxy) is 1. The molecule has 5 nitrogen and oxygen atoms in total. The van der Waals surface area contributed by atoms with Gasteiger partial charge in [-0.15, -0.1) is 0 Å². The van der Waals surface area contributed by atoms with E-state index in [1.54, 1.807) is 7.11 Å². The molecule has 0 unspecified atom stereocenters. The molecule has 2 aromatic heterocycles. The molecular weight excluding hydrogens is 451 g/mol. The van der Waals surface area contributed by atoms with Gasteiger partial charge in [0, 0.05) is 29.4 Å². The average Bonchev–Trinajstić information content (AvgIpc) is 3.48. The van der Waals surface area contributed by atoms with E-state index >= 15 is 0 Å². The minimum absolute atomic E-state index is 0.211. The van der Waals surface area contributed by atoms with E-state index in [1.807, 2.05) is 41.8 Å². The molecule has 174 valence electrons. The monoisotopic (exact) mass is 476 g/mol. The Hall–Kier alpha value is -3.12. The summed E-state index contributed by atoms with van der Waals surface area (Å²) in [7, 11) is 1.64. The van der Waals surface area contributed by atoms with E-state index in [-0.39, 0.29) is 5.82 Å². The lowest BCUT2D eigenvalue weighted by atomic mass is 10.1. The van der Waals surface area contributed by atoms with Gasteiger partial charge in [-0.25, -0.2) is 9.37 Å². The van der Waals surface area contributed by atoms with Crippen LogP contribution in [-0.4, -0.2) is 27.7 Å². The number of rotatable bonds is 6. The van der Waals surface area contributed by atoms with Crippen LogP contribution in [0.15, 0.2) is 42.5 Å². The predicted molar refractivity (Wildman–Crippen MR) is 132 cm³/mol. The van der Waals surface area contributed by atoms with Gasteiger partial charge >= 0.3 is 0 Å². The van der Waals surface area contributed by atoms with Gasteiger partial charge in [0.2, 0.25) is 0 Å². The highest BCUT2D eigenvalue weighted by atomic mass is 35.5. The van der Waals surface area contributed by atoms with Crippen molar-refractivity contribution in [1.82, 2.24) is 14.6 Å². The van der Waals surface area contributed by atoms with E-state index in [9.17, 15) is 4.39 Å². The first-order valence-corrected chi connectivity index (χ1v) is 12.2. The second-order valence-corrected chi connectivity index (χ2v) is 9.65. The number of fused-ring (bicyclic) bond motifs is 2. The van der Waals surface area contributed by atoms with Crippen LogP contribution in [0.5, 0.6) is 5.75 Å². The Bertz CT molecular complexity index is 1390. The minimum atomic E-state index is -0.211. The fourth-order valence-corrected chi connectivity index (χ4v) is 5.36. The number of hydrogen-bond acceptors (Lipinski definition) is 4. The van der Waals surface area contributed by atoms with E-state index in [0.29, 0.717) is 17.6 Å². The molecule has 2 aliphatic rings. The van der Waals surface area contributed by atoms with E-state index in [2.05, 4.69) is 4.90 Å². The second kappa shape index (κ2) is 8.27. The molecule has 2 aliphatic carbocycles. The number of halogens is 2. The fraction of sp³-hybridized carbons (Fsp3) is 0.333. The largest absolute Gasteiger partial charge is 0.497 e. The van der Waals surface area contributed by atoms with Crippen molar-refractivity contribution in [1.29, 1.82) is 0 Å². The lowest BCUT2D eigenvalue weighted by Gasteiger charge is -2.27. The van der Waals surface area contributed by atoms with Gasteiger partial charge in [0.05, 0.1) is 23.4 Å². The Kier molecular flexibility index (Phi) is 5.21. The Balaban J connectivity index is 1.54. The van der Waals surface area contributed by atoms with Crippen molar-refractivity contribution in [3.8, 4) is 16.9 Å². The first kappa shape index (κ1) is 21.4. The summed E-state index contributed by atoms with van der Waals surface area (Å²) < 4.78 is 20.9. The summed E-state index contributed by atoms with van der Waals surface area (Å²) in [5, 5.41) is 5.62. The second-order valence-electron chi connectivity index (χ2n) is 9.24. The quantitative estimate of drug-likeness (QED) is 0.334. The number of nitrogens with zero attached hydrogens (tertiary/aromatic N) is 4. The summed E-state index contributed by atoms with van der Waals surface area (Å²) in [6.07, 6.45) is 5.36. The third kappa shape index (κ3) is 3.61. The molecular formula is C27H26ClFN4O.